The number of aromatic nitrogens is 7. The van der Waals surface area contributed by atoms with Crippen molar-refractivity contribution in [3.63, 3.8) is 0 Å². The molecule has 5 unspecified atom stereocenters. The van der Waals surface area contributed by atoms with Gasteiger partial charge in [0.2, 0.25) is 0 Å². The van der Waals surface area contributed by atoms with Crippen molar-refractivity contribution >= 4 is 34.9 Å². The first-order valence-electron chi connectivity index (χ1n) is 16.2. The molecule has 2 aliphatic heterocycles. The fourth-order valence-electron chi connectivity index (χ4n) is 7.75. The number of nitrogens with zero attached hydrogens (tertiary/aromatic N) is 8. The van der Waals surface area contributed by atoms with Crippen molar-refractivity contribution in [1.29, 1.82) is 0 Å². The van der Waals surface area contributed by atoms with Gasteiger partial charge in [-0.15, -0.1) is 0 Å². The van der Waals surface area contributed by atoms with Gasteiger partial charge in [0.05, 0.1) is 47.7 Å². The van der Waals surface area contributed by atoms with Gasteiger partial charge in [-0.25, -0.2) is 14.6 Å². The van der Waals surface area contributed by atoms with E-state index in [9.17, 15) is 4.79 Å². The number of carbonyl (C=O) groups is 1. The Morgan fingerprint density at radius 2 is 2.13 bits per heavy atom. The predicted octanol–water partition coefficient (Wildman–Crippen LogP) is 4.47. The Morgan fingerprint density at radius 3 is 2.89 bits per heavy atom. The summed E-state index contributed by atoms with van der Waals surface area (Å²) >= 11 is 0. The third-order valence-electron chi connectivity index (χ3n) is 10.0. The molecule has 2 fully saturated rings. The Morgan fingerprint density at radius 1 is 1.23 bits per heavy atom. The Hall–Kier alpha value is -5.10. The molecule has 2 aliphatic carbocycles. The minimum absolute atomic E-state index is 0.0252. The summed E-state index contributed by atoms with van der Waals surface area (Å²) in [6.45, 7) is 12.3. The van der Waals surface area contributed by atoms with E-state index in [1.165, 1.54) is 0 Å². The van der Waals surface area contributed by atoms with E-state index in [1.54, 1.807) is 24.8 Å². The summed E-state index contributed by atoms with van der Waals surface area (Å²) in [6.07, 6.45) is 20.7. The summed E-state index contributed by atoms with van der Waals surface area (Å²) < 4.78 is 10.4. The van der Waals surface area contributed by atoms with Crippen LogP contribution in [0, 0.1) is 5.92 Å². The number of hydrogen-bond donors (Lipinski definition) is 2. The molecule has 1 amide bonds. The lowest BCUT2D eigenvalue weighted by atomic mass is 9.87. The molecule has 0 aromatic carbocycles. The summed E-state index contributed by atoms with van der Waals surface area (Å²) in [5, 5.41) is 17.0. The van der Waals surface area contributed by atoms with Gasteiger partial charge in [0.15, 0.2) is 11.9 Å². The molecule has 47 heavy (non-hydrogen) atoms. The first-order chi connectivity index (χ1) is 22.9. The zero-order valence-electron chi connectivity index (χ0n) is 26.4. The maximum atomic E-state index is 12.8. The molecule has 4 aliphatic rings. The number of nitrogens with two attached hydrogens (primary N) is 1. The van der Waals surface area contributed by atoms with E-state index < -0.39 is 5.91 Å². The molecule has 2 saturated heterocycles. The lowest BCUT2D eigenvalue weighted by Crippen LogP contribution is -2.36. The first-order valence-corrected chi connectivity index (χ1v) is 16.2. The minimum atomic E-state index is -0.459. The van der Waals surface area contributed by atoms with Crippen LogP contribution in [0.5, 0.6) is 0 Å². The number of primary amides is 1. The van der Waals surface area contributed by atoms with Crippen LogP contribution in [0.15, 0.2) is 68.1 Å². The lowest BCUT2D eigenvalue weighted by Gasteiger charge is -2.29. The topological polar surface area (TPSA) is 145 Å². The molecule has 0 radical (unpaired) electrons. The number of ether oxygens (including phenoxy) is 1. The van der Waals surface area contributed by atoms with Gasteiger partial charge in [-0.3, -0.25) is 4.79 Å². The van der Waals surface area contributed by atoms with Gasteiger partial charge in [-0.1, -0.05) is 38.3 Å². The molecule has 3 N–H and O–H groups in total. The van der Waals surface area contributed by atoms with Crippen LogP contribution in [0.25, 0.3) is 23.2 Å². The molecular weight excluding hydrogens is 592 g/mol. The molecule has 0 bridgehead atoms. The quantitative estimate of drug-likeness (QED) is 0.192. The number of rotatable bonds is 10. The first kappa shape index (κ1) is 29.3. The highest BCUT2D eigenvalue weighted by Gasteiger charge is 2.51. The molecule has 0 saturated carbocycles. The van der Waals surface area contributed by atoms with E-state index in [2.05, 4.69) is 84.4 Å². The number of amides is 1. The van der Waals surface area contributed by atoms with Gasteiger partial charge in [-0.2, -0.15) is 15.3 Å². The lowest BCUT2D eigenvalue weighted by molar-refractivity contribution is 0.0999. The maximum Gasteiger partial charge on any atom is 0.251 e. The third kappa shape index (κ3) is 5.12. The Bertz CT molecular complexity index is 1940. The number of nitrogens with one attached hydrogen (secondary N) is 1. The smallest absolute Gasteiger partial charge is 0.251 e. The van der Waals surface area contributed by atoms with Crippen LogP contribution in [0.2, 0.25) is 0 Å². The van der Waals surface area contributed by atoms with Gasteiger partial charge < -0.3 is 25.3 Å². The Balaban J connectivity index is 1.02. The van der Waals surface area contributed by atoms with Crippen molar-refractivity contribution < 1.29 is 9.53 Å². The zero-order valence-corrected chi connectivity index (χ0v) is 26.4. The summed E-state index contributed by atoms with van der Waals surface area (Å²) in [6, 6.07) is 2.32. The molecule has 6 atom stereocenters. The van der Waals surface area contributed by atoms with E-state index in [1.807, 2.05) is 16.9 Å². The van der Waals surface area contributed by atoms with Crippen LogP contribution in [0.3, 0.4) is 0 Å². The summed E-state index contributed by atoms with van der Waals surface area (Å²) in [7, 11) is 0. The SMILES string of the molecule is C=Cc1c(C(N)=O)c2c(n1CC(=C)N1C[C@@H](C)CC1C1OC1Nc1ncnc3c1cnn3C1C=CCC1)C=CC(c1ccnnc1)C2. The van der Waals surface area contributed by atoms with E-state index >= 15 is 0 Å². The average Bonchev–Trinajstić information content (AvgIpc) is 3.52. The fraction of sp³-hybridized carbons (Fsp3) is 0.371. The normalized spacial score (nSPS) is 26.1. The number of allylic oxidation sites excluding steroid dienone is 4. The second-order valence-corrected chi connectivity index (χ2v) is 13.0. The van der Waals surface area contributed by atoms with Crippen LogP contribution in [-0.2, 0) is 17.7 Å². The molecule has 4 aromatic rings. The van der Waals surface area contributed by atoms with Crippen molar-refractivity contribution in [2.24, 2.45) is 11.7 Å². The molecule has 12 nitrogen and oxygen atoms in total. The second-order valence-electron chi connectivity index (χ2n) is 13.0. The molecule has 0 spiro atoms. The van der Waals surface area contributed by atoms with E-state index in [-0.39, 0.29) is 30.3 Å². The maximum absolute atomic E-state index is 12.8. The van der Waals surface area contributed by atoms with Gasteiger partial charge in [0, 0.05) is 30.1 Å². The van der Waals surface area contributed by atoms with Crippen molar-refractivity contribution in [3.8, 4) is 0 Å². The van der Waals surface area contributed by atoms with Crippen LogP contribution < -0.4 is 11.1 Å². The largest absolute Gasteiger partial charge is 0.368 e. The monoisotopic (exact) mass is 630 g/mol. The number of epoxide rings is 1. The Kier molecular flexibility index (Phi) is 7.24. The number of carbonyl (C=O) groups excluding carboxylic acids is 1. The zero-order chi connectivity index (χ0) is 32.2. The second kappa shape index (κ2) is 11.6. The summed E-state index contributed by atoms with van der Waals surface area (Å²) in [5.41, 5.74) is 11.9. The van der Waals surface area contributed by atoms with Crippen LogP contribution in [0.4, 0.5) is 5.82 Å². The number of hydrogen-bond acceptors (Lipinski definition) is 9. The highest BCUT2D eigenvalue weighted by Crippen LogP contribution is 2.41. The molecular formula is C35H38N10O2. The van der Waals surface area contributed by atoms with Crippen LogP contribution in [0.1, 0.15) is 71.0 Å². The van der Waals surface area contributed by atoms with Crippen molar-refractivity contribution in [2.45, 2.75) is 69.5 Å². The molecule has 240 valence electrons. The van der Waals surface area contributed by atoms with Gasteiger partial charge in [0.1, 0.15) is 18.2 Å². The van der Waals surface area contributed by atoms with Gasteiger partial charge >= 0.3 is 0 Å². The number of anilines is 1. The predicted molar refractivity (Wildman–Crippen MR) is 179 cm³/mol. The van der Waals surface area contributed by atoms with Gasteiger partial charge in [-0.05, 0) is 60.9 Å². The Labute approximate surface area is 272 Å². The summed E-state index contributed by atoms with van der Waals surface area (Å²) in [5.74, 6) is 0.809. The highest BCUT2D eigenvalue weighted by molar-refractivity contribution is 5.99. The third-order valence-corrected chi connectivity index (χ3v) is 10.0. The van der Waals surface area contributed by atoms with Crippen molar-refractivity contribution in [3.05, 3.63) is 96.1 Å². The molecule has 6 heterocycles. The van der Waals surface area contributed by atoms with Crippen molar-refractivity contribution in [1.82, 2.24) is 39.4 Å². The molecule has 8 rings (SSSR count). The highest BCUT2D eigenvalue weighted by atomic mass is 16.6. The molecule has 4 aromatic heterocycles. The summed E-state index contributed by atoms with van der Waals surface area (Å²) in [4.78, 5) is 24.3. The van der Waals surface area contributed by atoms with Gasteiger partial charge in [0.25, 0.3) is 5.91 Å². The standard InChI is InChI=1S/C35H38N10O2/c1-4-27-30(32(36)46)25-14-22(23-11-12-39-40-15-23)9-10-28(25)44(27)18-21(3)43-17-20(2)13-29(43)31-35(47-31)42-33-26-16-41-45(24-7-5-6-8-24)34(26)38-19-37-33/h4-5,7,9-12,15-16,19-20,22,24,29,31,35H,1,3,6,8,13-14,17-18H2,2H3,(H2,36,46)(H,37,38,42)/t20-,22?,24?,29?,31?,35?/m0/s1. The average molecular weight is 631 g/mol. The minimum Gasteiger partial charge on any atom is -0.368 e. The van der Waals surface area contributed by atoms with Crippen LogP contribution in [-0.4, -0.2) is 70.2 Å². The van der Waals surface area contributed by atoms with E-state index in [0.29, 0.717) is 30.1 Å². The number of likely N-dealkylation sites (tertiary alicyclic amines) is 1. The van der Waals surface area contributed by atoms with E-state index in [4.69, 9.17) is 10.5 Å². The number of fused-ring (bicyclic) bond motifs is 2. The van der Waals surface area contributed by atoms with Crippen LogP contribution >= 0.6 is 0 Å². The fourth-order valence-corrected chi connectivity index (χ4v) is 7.75. The van der Waals surface area contributed by atoms with Crippen molar-refractivity contribution in [2.75, 3.05) is 11.9 Å². The van der Waals surface area contributed by atoms with E-state index in [0.717, 1.165) is 65.2 Å². The molecule has 12 heteroatoms.